The molecule has 1 saturated carbocycles. The van der Waals surface area contributed by atoms with E-state index in [1.807, 2.05) is 19.3 Å². The number of hydrogen-bond acceptors (Lipinski definition) is 5. The second-order valence-electron chi connectivity index (χ2n) is 6.78. The highest BCUT2D eigenvalue weighted by atomic mass is 32.1. The van der Waals surface area contributed by atoms with Crippen LogP contribution in [-0.2, 0) is 0 Å². The summed E-state index contributed by atoms with van der Waals surface area (Å²) in [5.74, 6) is 0.710. The van der Waals surface area contributed by atoms with Crippen molar-refractivity contribution < 1.29 is 18.6 Å². The lowest BCUT2D eigenvalue weighted by atomic mass is 9.85. The number of carbonyl (C=O) groups excluding carboxylic acids is 1. The molecule has 0 saturated heterocycles. The summed E-state index contributed by atoms with van der Waals surface area (Å²) >= 11 is 3.53. The molecule has 0 bridgehead atoms. The van der Waals surface area contributed by atoms with Gasteiger partial charge in [-0.3, -0.25) is 4.79 Å². The number of nitrogens with one attached hydrogen (secondary N) is 1. The van der Waals surface area contributed by atoms with Crippen LogP contribution in [0.25, 0.3) is 11.0 Å². The fraction of sp³-hybridized carbons (Fsp3) is 0.556. The number of amides is 1. The smallest absolute Gasteiger partial charge is 0.258 e. The van der Waals surface area contributed by atoms with E-state index in [2.05, 4.69) is 27.5 Å². The maximum Gasteiger partial charge on any atom is 0.258 e. The minimum absolute atomic E-state index is 0. The molecule has 0 radical (unpaired) electrons. The van der Waals surface area contributed by atoms with Gasteiger partial charge in [-0.05, 0) is 50.5 Å². The summed E-state index contributed by atoms with van der Waals surface area (Å²) in [5, 5.41) is 1.05. The van der Waals surface area contributed by atoms with Gasteiger partial charge in [0.1, 0.15) is 5.65 Å². The van der Waals surface area contributed by atoms with E-state index < -0.39 is 0 Å². The van der Waals surface area contributed by atoms with Crippen molar-refractivity contribution in [3.63, 3.8) is 0 Å². The number of carbonyl (C=O) groups is 1. The van der Waals surface area contributed by atoms with Crippen LogP contribution in [0.15, 0.2) is 18.5 Å². The Morgan fingerprint density at radius 2 is 1.96 bits per heavy atom. The van der Waals surface area contributed by atoms with Gasteiger partial charge in [-0.25, -0.2) is 4.98 Å². The molecule has 1 aliphatic heterocycles. The minimum atomic E-state index is 0. The number of pyridine rings is 1. The topological polar surface area (TPSA) is 141 Å². The van der Waals surface area contributed by atoms with E-state index in [1.54, 1.807) is 17.4 Å². The molecule has 0 aromatic carbocycles. The van der Waals surface area contributed by atoms with E-state index in [-0.39, 0.29) is 19.7 Å². The van der Waals surface area contributed by atoms with E-state index in [1.165, 1.54) is 12.8 Å². The number of aromatic nitrogens is 2. The van der Waals surface area contributed by atoms with E-state index in [4.69, 9.17) is 5.73 Å². The van der Waals surface area contributed by atoms with Gasteiger partial charge in [0.25, 0.3) is 5.91 Å². The highest BCUT2D eigenvalue weighted by Crippen LogP contribution is 2.38. The van der Waals surface area contributed by atoms with Crippen molar-refractivity contribution in [2.24, 2.45) is 11.7 Å². The van der Waals surface area contributed by atoms with Gasteiger partial charge in [-0.15, -0.1) is 0 Å². The maximum absolute atomic E-state index is 12.5. The summed E-state index contributed by atoms with van der Waals surface area (Å²) in [6.45, 7) is 1.43. The normalized spacial score (nSPS) is 21.6. The first kappa shape index (κ1) is 23.2. The molecule has 27 heavy (non-hydrogen) atoms. The van der Waals surface area contributed by atoms with Crippen molar-refractivity contribution in [2.45, 2.75) is 31.7 Å². The fourth-order valence-corrected chi connectivity index (χ4v) is 4.02. The lowest BCUT2D eigenvalue weighted by Gasteiger charge is -2.43. The molecule has 2 aromatic heterocycles. The largest absolute Gasteiger partial charge is 0.412 e. The summed E-state index contributed by atoms with van der Waals surface area (Å²) in [4.78, 5) is 24.3. The first-order chi connectivity index (χ1) is 12.2. The van der Waals surface area contributed by atoms with Crippen molar-refractivity contribution in [3.05, 3.63) is 24.0 Å². The molecule has 1 amide bonds. The van der Waals surface area contributed by atoms with Gasteiger partial charge in [0.2, 0.25) is 0 Å². The van der Waals surface area contributed by atoms with Crippen LogP contribution in [-0.4, -0.2) is 64.3 Å². The Hall–Kier alpha value is -1.81. The third-order valence-corrected chi connectivity index (χ3v) is 5.38. The third-order valence-electron chi connectivity index (χ3n) is 5.38. The van der Waals surface area contributed by atoms with Crippen molar-refractivity contribution >= 4 is 35.3 Å². The monoisotopic (exact) mass is 401 g/mol. The van der Waals surface area contributed by atoms with Crippen LogP contribution in [0.1, 0.15) is 38.9 Å². The van der Waals surface area contributed by atoms with Gasteiger partial charge >= 0.3 is 0 Å². The molecule has 1 fully saturated rings. The summed E-state index contributed by atoms with van der Waals surface area (Å²) in [6, 6.07) is 2.49. The second-order valence-corrected chi connectivity index (χ2v) is 6.78. The zero-order valence-corrected chi connectivity index (χ0v) is 16.8. The Labute approximate surface area is 168 Å². The van der Waals surface area contributed by atoms with Crippen LogP contribution in [0.2, 0.25) is 0 Å². The van der Waals surface area contributed by atoms with Crippen LogP contribution >= 0.6 is 12.6 Å². The van der Waals surface area contributed by atoms with Crippen LogP contribution in [0.5, 0.6) is 0 Å². The van der Waals surface area contributed by atoms with Gasteiger partial charge in [0.05, 0.1) is 17.9 Å². The van der Waals surface area contributed by atoms with Crippen molar-refractivity contribution in [1.82, 2.24) is 14.9 Å². The Balaban J connectivity index is 0. The van der Waals surface area contributed by atoms with Crippen LogP contribution in [0.3, 0.4) is 0 Å². The number of anilines is 1. The van der Waals surface area contributed by atoms with Crippen molar-refractivity contribution in [3.8, 4) is 0 Å². The molecule has 156 valence electrons. The zero-order valence-electron chi connectivity index (χ0n) is 15.9. The molecule has 8 nitrogen and oxygen atoms in total. The Morgan fingerprint density at radius 1 is 1.30 bits per heavy atom. The third kappa shape index (κ3) is 4.21. The van der Waals surface area contributed by atoms with E-state index in [0.717, 1.165) is 36.1 Å². The van der Waals surface area contributed by atoms with Gasteiger partial charge in [0, 0.05) is 33.7 Å². The summed E-state index contributed by atoms with van der Waals surface area (Å²) < 4.78 is 0. The second kappa shape index (κ2) is 9.93. The lowest BCUT2D eigenvalue weighted by molar-refractivity contribution is 0.0774. The average Bonchev–Trinajstić information content (AvgIpc) is 3.15. The van der Waals surface area contributed by atoms with Crippen LogP contribution < -0.4 is 10.6 Å². The molecular weight excluding hydrogens is 366 g/mol. The maximum atomic E-state index is 12.5. The van der Waals surface area contributed by atoms with Gasteiger partial charge < -0.3 is 31.5 Å². The van der Waals surface area contributed by atoms with Crippen LogP contribution in [0, 0.1) is 5.92 Å². The van der Waals surface area contributed by atoms with Gasteiger partial charge in [-0.2, -0.15) is 12.6 Å². The molecule has 3 heterocycles. The van der Waals surface area contributed by atoms with E-state index in [9.17, 15) is 4.79 Å². The summed E-state index contributed by atoms with van der Waals surface area (Å²) in [5.41, 5.74) is 8.44. The number of rotatable bonds is 2. The van der Waals surface area contributed by atoms with Crippen molar-refractivity contribution in [2.75, 3.05) is 31.4 Å². The predicted molar refractivity (Wildman–Crippen MR) is 117 cm³/mol. The molecule has 0 spiro atoms. The van der Waals surface area contributed by atoms with Gasteiger partial charge in [-0.1, -0.05) is 0 Å². The number of fused-ring (bicyclic) bond motifs is 3. The summed E-state index contributed by atoms with van der Waals surface area (Å²) in [6.07, 6.45) is 9.92. The molecule has 4 rings (SSSR count). The first-order valence-electron chi connectivity index (χ1n) is 8.82. The average molecular weight is 402 g/mol. The van der Waals surface area contributed by atoms with E-state index in [0.29, 0.717) is 24.2 Å². The zero-order chi connectivity index (χ0) is 18.0. The number of nitrogens with zero attached hydrogens (tertiary/aromatic N) is 3. The Bertz CT molecular complexity index is 756. The number of thiol groups is 1. The predicted octanol–water partition coefficient (Wildman–Crippen LogP) is 1.32. The highest BCUT2D eigenvalue weighted by molar-refractivity contribution is 7.79. The number of hydrogen-bond donors (Lipinski definition) is 3. The lowest BCUT2D eigenvalue weighted by Crippen LogP contribution is -2.50. The Kier molecular flexibility index (Phi) is 8.55. The minimum Gasteiger partial charge on any atom is -0.412 e. The molecule has 9 heteroatoms. The fourth-order valence-electron chi connectivity index (χ4n) is 4.02. The first-order valence-corrected chi connectivity index (χ1v) is 9.71. The molecule has 2 aromatic rings. The molecule has 2 aliphatic rings. The molecule has 0 unspecified atom stereocenters. The van der Waals surface area contributed by atoms with Crippen LogP contribution in [0.4, 0.5) is 5.69 Å². The standard InChI is InChI=1S/C17H23N5O.CH4S.2H2O.2H2/c1-21-10-22(12-4-2-11(8-18)3-5-12)15-13-6-7-19-16(13)20-9-14(15)17(21)23;1-2;;;;/h6-7,9,11-12H,2-5,8,10,18H2,1H3,(H,19,20);2H,1H3;2*1H2;2*1H. The number of H-pyrrole nitrogens is 1. The molecular formula is C18H35N5O3S. The molecule has 7 N–H and O–H groups in total. The quantitative estimate of drug-likeness (QED) is 0.652. The van der Waals surface area contributed by atoms with E-state index >= 15 is 0 Å². The SMILES string of the molecule is CN1CN(C2CCC(CN)CC2)c2c(cnc3[nH]ccc23)C1=O.CS.O.O.[HH].[HH]. The molecule has 1 aliphatic carbocycles. The number of aromatic amines is 1. The summed E-state index contributed by atoms with van der Waals surface area (Å²) in [7, 11) is 1.87. The van der Waals surface area contributed by atoms with Crippen molar-refractivity contribution in [1.29, 1.82) is 0 Å². The number of nitrogens with two attached hydrogens (primary N) is 1. The van der Waals surface area contributed by atoms with Gasteiger partial charge in [0.15, 0.2) is 0 Å². The molecule has 0 atom stereocenters. The Morgan fingerprint density at radius 3 is 2.59 bits per heavy atom. The highest BCUT2D eigenvalue weighted by Gasteiger charge is 2.34.